The number of nitrogens with zero attached hydrogens (tertiary/aromatic N) is 4. The smallest absolute Gasteiger partial charge is 0.131 e. The van der Waals surface area contributed by atoms with Crippen LogP contribution in [0.5, 0.6) is 0 Å². The fraction of sp³-hybridized carbons (Fsp3) is 0.250. The third kappa shape index (κ3) is 2.87. The quantitative estimate of drug-likeness (QED) is 0.781. The average Bonchev–Trinajstić information content (AvgIpc) is 3.10. The Hall–Kier alpha value is -1.82. The summed E-state index contributed by atoms with van der Waals surface area (Å²) >= 11 is 12.5. The van der Waals surface area contributed by atoms with Crippen LogP contribution in [0, 0.1) is 0 Å². The molecule has 0 radical (unpaired) electrons. The average molecular weight is 351 g/mol. The zero-order valence-corrected chi connectivity index (χ0v) is 14.3. The number of imidazole rings is 1. The number of rotatable bonds is 4. The largest absolute Gasteiger partial charge is 0.394 e. The summed E-state index contributed by atoms with van der Waals surface area (Å²) in [4.78, 5) is 10.6. The molecule has 2 aromatic heterocycles. The molecule has 0 aliphatic carbocycles. The van der Waals surface area contributed by atoms with Crippen molar-refractivity contribution >= 4 is 39.9 Å². The van der Waals surface area contributed by atoms with Gasteiger partial charge in [-0.2, -0.15) is 0 Å². The minimum atomic E-state index is -0.0754. The highest BCUT2D eigenvalue weighted by molar-refractivity contribution is 6.45. The van der Waals surface area contributed by atoms with E-state index < -0.39 is 0 Å². The molecule has 1 aromatic carbocycles. The van der Waals surface area contributed by atoms with Crippen LogP contribution in [0.15, 0.2) is 36.9 Å². The lowest BCUT2D eigenvalue weighted by atomic mass is 10.1. The zero-order chi connectivity index (χ0) is 16.6. The summed E-state index contributed by atoms with van der Waals surface area (Å²) < 4.78 is 1.90. The Balaban J connectivity index is 2.29. The van der Waals surface area contributed by atoms with E-state index in [1.807, 2.05) is 41.8 Å². The number of benzene rings is 1. The fourth-order valence-electron chi connectivity index (χ4n) is 2.35. The second-order valence-corrected chi connectivity index (χ2v) is 6.15. The SMILES string of the molecule is C[C@@H](CO)N(C)c1cc(-n2ccnc2)c2ccc(Cl)c(Cl)c2n1. The molecule has 0 saturated heterocycles. The number of halogens is 2. The van der Waals surface area contributed by atoms with Crippen LogP contribution in [0.4, 0.5) is 5.82 Å². The lowest BCUT2D eigenvalue weighted by Gasteiger charge is -2.25. The molecule has 23 heavy (non-hydrogen) atoms. The minimum absolute atomic E-state index is 0.0277. The van der Waals surface area contributed by atoms with Crippen molar-refractivity contribution in [2.75, 3.05) is 18.6 Å². The summed E-state index contributed by atoms with van der Waals surface area (Å²) in [6, 6.07) is 5.52. The maximum atomic E-state index is 9.40. The standard InChI is InChI=1S/C16H16Cl2N4O/c1-10(8-23)21(2)14-7-13(22-6-5-19-9-22)11-3-4-12(17)15(18)16(11)20-14/h3-7,9-10,23H,8H2,1-2H3/t10-/m0/s1. The normalized spacial score (nSPS) is 12.6. The predicted molar refractivity (Wildman–Crippen MR) is 93.8 cm³/mol. The van der Waals surface area contributed by atoms with E-state index in [2.05, 4.69) is 9.97 Å². The Bertz CT molecular complexity index is 836. The van der Waals surface area contributed by atoms with Crippen LogP contribution in [-0.2, 0) is 0 Å². The second kappa shape index (κ2) is 6.35. The van der Waals surface area contributed by atoms with E-state index in [0.29, 0.717) is 21.4 Å². The number of fused-ring (bicyclic) bond motifs is 1. The molecular formula is C16H16Cl2N4O. The molecule has 3 aromatic rings. The summed E-state index contributed by atoms with van der Waals surface area (Å²) in [7, 11) is 1.88. The molecule has 0 unspecified atom stereocenters. The van der Waals surface area contributed by atoms with Gasteiger partial charge in [0.05, 0.1) is 40.2 Å². The van der Waals surface area contributed by atoms with E-state index in [1.54, 1.807) is 18.6 Å². The summed E-state index contributed by atoms with van der Waals surface area (Å²) in [6.07, 6.45) is 5.29. The molecule has 0 amide bonds. The molecular weight excluding hydrogens is 335 g/mol. The fourth-order valence-corrected chi connectivity index (χ4v) is 2.71. The van der Waals surface area contributed by atoms with E-state index in [9.17, 15) is 5.11 Å². The van der Waals surface area contributed by atoms with Gasteiger partial charge >= 0.3 is 0 Å². The molecule has 1 N–H and O–H groups in total. The van der Waals surface area contributed by atoms with Crippen molar-refractivity contribution in [2.45, 2.75) is 13.0 Å². The molecule has 0 bridgehead atoms. The number of aromatic nitrogens is 3. The lowest BCUT2D eigenvalue weighted by Crippen LogP contribution is -2.32. The van der Waals surface area contributed by atoms with Gasteiger partial charge in [0, 0.05) is 30.9 Å². The van der Waals surface area contributed by atoms with Crippen LogP contribution < -0.4 is 4.90 Å². The molecule has 7 heteroatoms. The summed E-state index contributed by atoms with van der Waals surface area (Å²) in [5, 5.41) is 11.2. The van der Waals surface area contributed by atoms with Crippen molar-refractivity contribution in [2.24, 2.45) is 0 Å². The van der Waals surface area contributed by atoms with Gasteiger partial charge in [0.25, 0.3) is 0 Å². The summed E-state index contributed by atoms with van der Waals surface area (Å²) in [6.45, 7) is 1.95. The van der Waals surface area contributed by atoms with Crippen molar-refractivity contribution in [3.8, 4) is 5.69 Å². The highest BCUT2D eigenvalue weighted by atomic mass is 35.5. The third-order valence-electron chi connectivity index (χ3n) is 3.91. The number of aliphatic hydroxyl groups is 1. The van der Waals surface area contributed by atoms with Crippen LogP contribution >= 0.6 is 23.2 Å². The highest BCUT2D eigenvalue weighted by Crippen LogP contribution is 2.34. The Kier molecular flexibility index (Phi) is 4.43. The van der Waals surface area contributed by atoms with Crippen molar-refractivity contribution in [1.82, 2.24) is 14.5 Å². The van der Waals surface area contributed by atoms with Crippen LogP contribution in [0.25, 0.3) is 16.6 Å². The van der Waals surface area contributed by atoms with E-state index in [-0.39, 0.29) is 12.6 Å². The van der Waals surface area contributed by atoms with Crippen LogP contribution in [0.1, 0.15) is 6.92 Å². The third-order valence-corrected chi connectivity index (χ3v) is 4.70. The van der Waals surface area contributed by atoms with E-state index >= 15 is 0 Å². The first-order chi connectivity index (χ1) is 11.0. The van der Waals surface area contributed by atoms with Crippen molar-refractivity contribution in [1.29, 1.82) is 0 Å². The molecule has 5 nitrogen and oxygen atoms in total. The number of likely N-dealkylation sites (N-methyl/N-ethyl adjacent to an activating group) is 1. The van der Waals surface area contributed by atoms with Gasteiger partial charge in [-0.15, -0.1) is 0 Å². The predicted octanol–water partition coefficient (Wildman–Crippen LogP) is 3.54. The number of pyridine rings is 1. The van der Waals surface area contributed by atoms with Gasteiger partial charge in [-0.1, -0.05) is 23.2 Å². The first-order valence-corrected chi connectivity index (χ1v) is 7.89. The topological polar surface area (TPSA) is 54.2 Å². The molecule has 0 aliphatic heterocycles. The molecule has 0 spiro atoms. The molecule has 0 fully saturated rings. The first kappa shape index (κ1) is 16.1. The Morgan fingerprint density at radius 1 is 1.35 bits per heavy atom. The Labute approximate surface area is 144 Å². The van der Waals surface area contributed by atoms with Crippen LogP contribution in [-0.4, -0.2) is 39.3 Å². The van der Waals surface area contributed by atoms with Crippen molar-refractivity contribution in [3.05, 3.63) is 47.0 Å². The van der Waals surface area contributed by atoms with Crippen molar-refractivity contribution < 1.29 is 5.11 Å². The monoisotopic (exact) mass is 350 g/mol. The second-order valence-electron chi connectivity index (χ2n) is 5.37. The maximum absolute atomic E-state index is 9.40. The molecule has 1 atom stereocenters. The number of anilines is 1. The number of hydrogen-bond acceptors (Lipinski definition) is 4. The van der Waals surface area contributed by atoms with Gasteiger partial charge in [-0.3, -0.25) is 0 Å². The Morgan fingerprint density at radius 3 is 2.78 bits per heavy atom. The maximum Gasteiger partial charge on any atom is 0.131 e. The highest BCUT2D eigenvalue weighted by Gasteiger charge is 2.16. The van der Waals surface area contributed by atoms with Crippen molar-refractivity contribution in [3.63, 3.8) is 0 Å². The van der Waals surface area contributed by atoms with E-state index in [1.165, 1.54) is 0 Å². The van der Waals surface area contributed by atoms with Gasteiger partial charge in [-0.05, 0) is 19.1 Å². The Morgan fingerprint density at radius 2 is 2.13 bits per heavy atom. The molecule has 0 aliphatic rings. The molecule has 2 heterocycles. The molecule has 3 rings (SSSR count). The number of hydrogen-bond donors (Lipinski definition) is 1. The number of aliphatic hydroxyl groups excluding tert-OH is 1. The lowest BCUT2D eigenvalue weighted by molar-refractivity contribution is 0.270. The van der Waals surface area contributed by atoms with Crippen LogP contribution in [0.3, 0.4) is 0 Å². The minimum Gasteiger partial charge on any atom is -0.394 e. The van der Waals surface area contributed by atoms with Crippen LogP contribution in [0.2, 0.25) is 10.0 Å². The van der Waals surface area contributed by atoms with Gasteiger partial charge in [0.1, 0.15) is 5.82 Å². The molecule has 120 valence electrons. The van der Waals surface area contributed by atoms with E-state index in [4.69, 9.17) is 23.2 Å². The summed E-state index contributed by atoms with van der Waals surface area (Å²) in [5.74, 6) is 0.701. The summed E-state index contributed by atoms with van der Waals surface area (Å²) in [5.41, 5.74) is 1.52. The van der Waals surface area contributed by atoms with E-state index in [0.717, 1.165) is 11.1 Å². The van der Waals surface area contributed by atoms with Gasteiger partial charge < -0.3 is 14.6 Å². The first-order valence-electron chi connectivity index (χ1n) is 7.13. The van der Waals surface area contributed by atoms with Gasteiger partial charge in [0.15, 0.2) is 0 Å². The zero-order valence-electron chi connectivity index (χ0n) is 12.7. The molecule has 0 saturated carbocycles. The van der Waals surface area contributed by atoms with Gasteiger partial charge in [-0.25, -0.2) is 9.97 Å². The van der Waals surface area contributed by atoms with Gasteiger partial charge in [0.2, 0.25) is 0 Å².